The molecule has 5 aromatic rings. The smallest absolute Gasteiger partial charge is 0.459 e. The van der Waals surface area contributed by atoms with Crippen LogP contribution in [0.15, 0.2) is 66.7 Å². The number of aromatic nitrogens is 4. The third kappa shape index (κ3) is 9.20. The lowest BCUT2D eigenvalue weighted by Gasteiger charge is -2.28. The van der Waals surface area contributed by atoms with Gasteiger partial charge in [-0.25, -0.2) is 13.9 Å². The van der Waals surface area contributed by atoms with Crippen molar-refractivity contribution in [3.63, 3.8) is 0 Å². The molecule has 15 nitrogen and oxygen atoms in total. The van der Waals surface area contributed by atoms with E-state index < -0.39 is 50.4 Å². The van der Waals surface area contributed by atoms with Crippen LogP contribution in [0.1, 0.15) is 46.4 Å². The van der Waals surface area contributed by atoms with E-state index in [1.54, 1.807) is 36.4 Å². The molecule has 1 aliphatic rings. The van der Waals surface area contributed by atoms with Crippen LogP contribution >= 0.6 is 30.3 Å². The van der Waals surface area contributed by atoms with Gasteiger partial charge in [-0.15, -0.1) is 0 Å². The molecule has 0 bridgehead atoms. The number of nitrogens with zero attached hydrogens (tertiary/aromatic N) is 4. The van der Waals surface area contributed by atoms with Crippen molar-refractivity contribution in [1.29, 1.82) is 0 Å². The van der Waals surface area contributed by atoms with Crippen molar-refractivity contribution in [3.05, 3.63) is 81.9 Å². The van der Waals surface area contributed by atoms with E-state index in [9.17, 15) is 24.0 Å². The van der Waals surface area contributed by atoms with Crippen molar-refractivity contribution in [1.82, 2.24) is 24.6 Å². The number of halogens is 2. The Balaban J connectivity index is 1.26. The maximum Gasteiger partial charge on any atom is 0.459 e. The number of methoxy groups -OCH3 is 1. The standard InChI is InChI=1S/C37H43FIN6O9P/c1-21(32(47)51-20-36(2,3)4)44-55(49,54-26-13-9-11-23-10-7-8-12-25(23)26)52-19-27-29(46)37(5,48)33(53-27)45-30-28(41-34(45)39)31(50-6)43-35(42-30)40-18-22-14-16-24(38)17-15-22/h7-17,21,27,29,33,46,48H,18-20H2,1-6H3,(H,44,49)(H,40,42,43)/t21-,27+,29+,33+,37+,55?/m0/s1. The number of esters is 1. The lowest BCUT2D eigenvalue weighted by molar-refractivity contribution is -0.148. The Hall–Kier alpha value is -3.97. The molecule has 1 saturated heterocycles. The molecule has 18 heteroatoms. The Kier molecular flexibility index (Phi) is 12.0. The van der Waals surface area contributed by atoms with Crippen molar-refractivity contribution in [2.75, 3.05) is 25.6 Å². The molecule has 3 heterocycles. The molecule has 0 radical (unpaired) electrons. The monoisotopic (exact) mass is 892 g/mol. The minimum Gasteiger partial charge on any atom is -0.479 e. The Bertz CT molecular complexity index is 2210. The molecule has 1 unspecified atom stereocenters. The van der Waals surface area contributed by atoms with Gasteiger partial charge in [-0.2, -0.15) is 15.1 Å². The molecule has 0 aliphatic carbocycles. The maximum atomic E-state index is 14.6. The molecule has 0 saturated carbocycles. The van der Waals surface area contributed by atoms with Crippen LogP contribution in [-0.4, -0.2) is 79.9 Å². The Morgan fingerprint density at radius 2 is 1.82 bits per heavy atom. The fourth-order valence-corrected chi connectivity index (χ4v) is 8.10. The minimum atomic E-state index is -4.43. The first-order valence-corrected chi connectivity index (χ1v) is 20.0. The summed E-state index contributed by atoms with van der Waals surface area (Å²) in [5.74, 6) is -0.533. The normalized spacial score (nSPS) is 21.7. The third-order valence-electron chi connectivity index (χ3n) is 8.74. The summed E-state index contributed by atoms with van der Waals surface area (Å²) in [5, 5.41) is 30.5. The zero-order chi connectivity index (χ0) is 39.7. The zero-order valence-corrected chi connectivity index (χ0v) is 34.1. The van der Waals surface area contributed by atoms with Gasteiger partial charge in [0, 0.05) is 34.5 Å². The van der Waals surface area contributed by atoms with Gasteiger partial charge in [0.15, 0.2) is 21.2 Å². The van der Waals surface area contributed by atoms with Crippen LogP contribution in [0.3, 0.4) is 0 Å². The van der Waals surface area contributed by atoms with Crippen molar-refractivity contribution in [3.8, 4) is 11.6 Å². The number of rotatable bonds is 14. The molecule has 3 aromatic carbocycles. The molecule has 2 aromatic heterocycles. The number of ether oxygens (including phenoxy) is 3. The minimum absolute atomic E-state index is 0.121. The molecule has 6 rings (SSSR count). The second-order valence-electron chi connectivity index (χ2n) is 14.5. The van der Waals surface area contributed by atoms with E-state index in [0.717, 1.165) is 10.9 Å². The predicted molar refractivity (Wildman–Crippen MR) is 210 cm³/mol. The Labute approximate surface area is 330 Å². The van der Waals surface area contributed by atoms with Gasteiger partial charge >= 0.3 is 13.7 Å². The number of carbonyl (C=O) groups excluding carboxylic acids is 1. The average Bonchev–Trinajstić information content (AvgIpc) is 3.58. The van der Waals surface area contributed by atoms with Gasteiger partial charge in [-0.05, 0) is 48.4 Å². The van der Waals surface area contributed by atoms with Crippen LogP contribution in [-0.2, 0) is 29.9 Å². The second kappa shape index (κ2) is 16.3. The molecule has 1 aliphatic heterocycles. The molecule has 6 atom stereocenters. The second-order valence-corrected chi connectivity index (χ2v) is 17.2. The van der Waals surface area contributed by atoms with E-state index in [0.29, 0.717) is 9.22 Å². The number of benzene rings is 3. The van der Waals surface area contributed by atoms with Gasteiger partial charge in [0.05, 0.1) is 20.3 Å². The topological polar surface area (TPSA) is 188 Å². The summed E-state index contributed by atoms with van der Waals surface area (Å²) < 4.78 is 59.0. The predicted octanol–water partition coefficient (Wildman–Crippen LogP) is 6.12. The van der Waals surface area contributed by atoms with E-state index in [1.165, 1.54) is 37.7 Å². The van der Waals surface area contributed by atoms with Crippen molar-refractivity contribution < 1.29 is 47.2 Å². The summed E-state index contributed by atoms with van der Waals surface area (Å²) in [4.78, 5) is 26.6. The van der Waals surface area contributed by atoms with E-state index in [4.69, 9.17) is 23.3 Å². The van der Waals surface area contributed by atoms with Crippen molar-refractivity contribution >= 4 is 64.2 Å². The first-order chi connectivity index (χ1) is 26.0. The highest BCUT2D eigenvalue weighted by Gasteiger charge is 2.55. The van der Waals surface area contributed by atoms with Gasteiger partial charge in [0.1, 0.15) is 35.4 Å². The SMILES string of the molecule is COc1nc(NCc2ccc(F)cc2)nc2c1nc(I)n2[C@@H]1O[C@H](COP(=O)(N[C@@H](C)C(=O)OCC(C)(C)C)Oc2cccc3ccccc23)[C@@H](O)[C@@]1(C)O. The van der Waals surface area contributed by atoms with Crippen LogP contribution in [0.5, 0.6) is 11.6 Å². The quantitative estimate of drug-likeness (QED) is 0.0432. The highest BCUT2D eigenvalue weighted by Crippen LogP contribution is 2.49. The lowest BCUT2D eigenvalue weighted by Crippen LogP contribution is -2.45. The molecule has 55 heavy (non-hydrogen) atoms. The number of hydrogen-bond acceptors (Lipinski definition) is 13. The van der Waals surface area contributed by atoms with Crippen LogP contribution in [0.4, 0.5) is 10.3 Å². The zero-order valence-electron chi connectivity index (χ0n) is 31.0. The maximum absolute atomic E-state index is 14.6. The fraction of sp³-hybridized carbons (Fsp3) is 0.405. The summed E-state index contributed by atoms with van der Waals surface area (Å²) in [7, 11) is -3.01. The van der Waals surface area contributed by atoms with Gasteiger partial charge in [0.25, 0.3) is 0 Å². The fourth-order valence-electron chi connectivity index (χ4n) is 5.86. The average molecular weight is 893 g/mol. The summed E-state index contributed by atoms with van der Waals surface area (Å²) in [6, 6.07) is 17.3. The van der Waals surface area contributed by atoms with Crippen LogP contribution in [0.2, 0.25) is 0 Å². The van der Waals surface area contributed by atoms with Crippen LogP contribution < -0.4 is 19.7 Å². The number of aliphatic hydroxyl groups excluding tert-OH is 1. The number of hydrogen-bond donors (Lipinski definition) is 4. The number of fused-ring (bicyclic) bond motifs is 2. The number of imidazole rings is 1. The van der Waals surface area contributed by atoms with Crippen molar-refractivity contribution in [2.24, 2.45) is 5.41 Å². The number of aliphatic hydroxyl groups is 2. The highest BCUT2D eigenvalue weighted by atomic mass is 127. The van der Waals surface area contributed by atoms with Gasteiger partial charge < -0.3 is 34.3 Å². The largest absolute Gasteiger partial charge is 0.479 e. The van der Waals surface area contributed by atoms with Crippen LogP contribution in [0, 0.1) is 15.1 Å². The summed E-state index contributed by atoms with van der Waals surface area (Å²) in [6.45, 7) is 8.43. The number of nitrogens with one attached hydrogen (secondary N) is 2. The molecule has 0 amide bonds. The number of anilines is 1. The molecule has 0 spiro atoms. The highest BCUT2D eigenvalue weighted by molar-refractivity contribution is 14.1. The van der Waals surface area contributed by atoms with E-state index in [1.807, 2.05) is 61.6 Å². The molecular weight excluding hydrogens is 849 g/mol. The molecular formula is C37H43FIN6O9P. The Morgan fingerprint density at radius 3 is 2.53 bits per heavy atom. The van der Waals surface area contributed by atoms with E-state index in [-0.39, 0.29) is 53.1 Å². The molecule has 1 fully saturated rings. The van der Waals surface area contributed by atoms with Gasteiger partial charge in [-0.3, -0.25) is 13.9 Å². The first-order valence-electron chi connectivity index (χ1n) is 17.4. The Morgan fingerprint density at radius 1 is 1.11 bits per heavy atom. The van der Waals surface area contributed by atoms with Crippen molar-refractivity contribution in [2.45, 2.75) is 71.2 Å². The third-order valence-corrected chi connectivity index (χ3v) is 11.1. The number of carbonyl (C=O) groups is 1. The van der Waals surface area contributed by atoms with E-state index in [2.05, 4.69) is 25.4 Å². The lowest BCUT2D eigenvalue weighted by atomic mass is 9.96. The summed E-state index contributed by atoms with van der Waals surface area (Å²) in [5.41, 5.74) is -1.02. The van der Waals surface area contributed by atoms with Gasteiger partial charge in [-0.1, -0.05) is 69.3 Å². The first kappa shape index (κ1) is 40.7. The molecule has 4 N–H and O–H groups in total. The summed E-state index contributed by atoms with van der Waals surface area (Å²) >= 11 is 1.95. The summed E-state index contributed by atoms with van der Waals surface area (Å²) in [6.07, 6.45) is -4.12. The van der Waals surface area contributed by atoms with E-state index >= 15 is 0 Å². The molecule has 294 valence electrons. The van der Waals surface area contributed by atoms with Crippen LogP contribution in [0.25, 0.3) is 21.9 Å². The van der Waals surface area contributed by atoms with Gasteiger partial charge in [0.2, 0.25) is 11.8 Å².